The van der Waals surface area contributed by atoms with Crippen LogP contribution in [0.25, 0.3) is 0 Å². The summed E-state index contributed by atoms with van der Waals surface area (Å²) in [7, 11) is 0. The molecule has 1 N–H and O–H groups in total. The van der Waals surface area contributed by atoms with Crippen molar-refractivity contribution in [3.05, 3.63) is 29.8 Å². The maximum atomic E-state index is 12.2. The molecule has 3 atom stereocenters. The average molecular weight is 296 g/mol. The van der Waals surface area contributed by atoms with E-state index < -0.39 is 0 Å². The summed E-state index contributed by atoms with van der Waals surface area (Å²) in [6.45, 7) is 0.787. The van der Waals surface area contributed by atoms with Crippen LogP contribution in [0.2, 0.25) is 0 Å². The number of benzene rings is 1. The predicted octanol–water partition coefficient (Wildman–Crippen LogP) is 3.23. The molecule has 102 valence electrons. The van der Waals surface area contributed by atoms with Gasteiger partial charge in [-0.25, -0.2) is 0 Å². The molecule has 1 aliphatic heterocycles. The van der Waals surface area contributed by atoms with Crippen molar-refractivity contribution < 1.29 is 4.79 Å². The van der Waals surface area contributed by atoms with Crippen LogP contribution in [0.1, 0.15) is 24.8 Å². The van der Waals surface area contributed by atoms with Gasteiger partial charge in [0.25, 0.3) is 0 Å². The van der Waals surface area contributed by atoms with Crippen molar-refractivity contribution in [2.75, 3.05) is 6.54 Å². The smallest absolute Gasteiger partial charge is 0.233 e. The van der Waals surface area contributed by atoms with Gasteiger partial charge >= 0.3 is 0 Å². The molecule has 3 rings (SSSR count). The topological polar surface area (TPSA) is 29.1 Å². The van der Waals surface area contributed by atoms with E-state index in [0.717, 1.165) is 32.2 Å². The first-order chi connectivity index (χ1) is 9.22. The summed E-state index contributed by atoms with van der Waals surface area (Å²) in [6.07, 6.45) is 4.13. The van der Waals surface area contributed by atoms with E-state index in [2.05, 4.69) is 17.4 Å². The van der Waals surface area contributed by atoms with Crippen LogP contribution < -0.4 is 5.32 Å². The second kappa shape index (κ2) is 5.76. The van der Waals surface area contributed by atoms with E-state index >= 15 is 0 Å². The zero-order valence-corrected chi connectivity index (χ0v) is 12.3. The number of amides is 1. The molecule has 1 aliphatic carbocycles. The van der Waals surface area contributed by atoms with Crippen molar-refractivity contribution in [2.45, 2.75) is 41.2 Å². The number of halogens is 1. The van der Waals surface area contributed by atoms with Gasteiger partial charge in [-0.15, -0.1) is 23.4 Å². The van der Waals surface area contributed by atoms with Crippen molar-refractivity contribution in [3.8, 4) is 0 Å². The van der Waals surface area contributed by atoms with Crippen molar-refractivity contribution >= 4 is 29.3 Å². The van der Waals surface area contributed by atoms with E-state index in [1.807, 2.05) is 12.1 Å². The van der Waals surface area contributed by atoms with Crippen molar-refractivity contribution in [1.29, 1.82) is 0 Å². The SMILES string of the molecule is O=C(NCC1CCC(Cl)C1)C1Cc2ccccc2S1. The fraction of sp³-hybridized carbons (Fsp3) is 0.533. The van der Waals surface area contributed by atoms with Gasteiger partial charge in [0, 0.05) is 16.8 Å². The van der Waals surface area contributed by atoms with Gasteiger partial charge in [0.05, 0.1) is 5.25 Å². The van der Waals surface area contributed by atoms with Crippen LogP contribution in [-0.4, -0.2) is 23.1 Å². The zero-order valence-electron chi connectivity index (χ0n) is 10.8. The van der Waals surface area contributed by atoms with E-state index in [1.54, 1.807) is 11.8 Å². The molecule has 2 nitrogen and oxygen atoms in total. The quantitative estimate of drug-likeness (QED) is 0.868. The van der Waals surface area contributed by atoms with Crippen LogP contribution in [0.5, 0.6) is 0 Å². The first-order valence-electron chi connectivity index (χ1n) is 6.88. The van der Waals surface area contributed by atoms with Gasteiger partial charge in [0.2, 0.25) is 5.91 Å². The van der Waals surface area contributed by atoms with E-state index in [9.17, 15) is 4.79 Å². The Balaban J connectivity index is 1.50. The molecule has 0 saturated heterocycles. The third-order valence-corrected chi connectivity index (χ3v) is 5.70. The van der Waals surface area contributed by atoms with Gasteiger partial charge in [-0.05, 0) is 43.2 Å². The molecular weight excluding hydrogens is 278 g/mol. The lowest BCUT2D eigenvalue weighted by molar-refractivity contribution is -0.120. The first kappa shape index (κ1) is 13.3. The van der Waals surface area contributed by atoms with Crippen LogP contribution in [0, 0.1) is 5.92 Å². The summed E-state index contributed by atoms with van der Waals surface area (Å²) in [5, 5.41) is 3.46. The monoisotopic (exact) mass is 295 g/mol. The zero-order chi connectivity index (χ0) is 13.2. The van der Waals surface area contributed by atoms with Crippen LogP contribution in [0.4, 0.5) is 0 Å². The number of hydrogen-bond donors (Lipinski definition) is 1. The normalized spacial score (nSPS) is 29.2. The number of hydrogen-bond acceptors (Lipinski definition) is 2. The summed E-state index contributed by atoms with van der Waals surface area (Å²) >= 11 is 7.78. The van der Waals surface area contributed by atoms with Gasteiger partial charge < -0.3 is 5.32 Å². The lowest BCUT2D eigenvalue weighted by Gasteiger charge is -2.13. The number of carbonyl (C=O) groups is 1. The highest BCUT2D eigenvalue weighted by Gasteiger charge is 2.29. The number of thioether (sulfide) groups is 1. The first-order valence-corrected chi connectivity index (χ1v) is 8.20. The molecule has 0 spiro atoms. The molecule has 19 heavy (non-hydrogen) atoms. The van der Waals surface area contributed by atoms with Crippen LogP contribution >= 0.6 is 23.4 Å². The minimum Gasteiger partial charge on any atom is -0.355 e. The number of fused-ring (bicyclic) bond motifs is 1. The molecule has 1 aromatic carbocycles. The fourth-order valence-electron chi connectivity index (χ4n) is 2.89. The molecule has 3 unspecified atom stereocenters. The van der Waals surface area contributed by atoms with Crippen LogP contribution in [-0.2, 0) is 11.2 Å². The second-order valence-electron chi connectivity index (χ2n) is 5.44. The Bertz CT molecular complexity index is 454. The molecule has 0 radical (unpaired) electrons. The number of carbonyl (C=O) groups excluding carboxylic acids is 1. The molecule has 1 saturated carbocycles. The highest BCUT2D eigenvalue weighted by atomic mass is 35.5. The molecule has 2 aliphatic rings. The fourth-order valence-corrected chi connectivity index (χ4v) is 4.48. The molecule has 0 aromatic heterocycles. The van der Waals surface area contributed by atoms with Gasteiger partial charge in [0.1, 0.15) is 0 Å². The third kappa shape index (κ3) is 3.09. The number of alkyl halides is 1. The summed E-state index contributed by atoms with van der Waals surface area (Å²) in [5.74, 6) is 0.749. The maximum absolute atomic E-state index is 12.2. The molecule has 1 aromatic rings. The largest absolute Gasteiger partial charge is 0.355 e. The van der Waals surface area contributed by atoms with E-state index in [1.165, 1.54) is 10.5 Å². The Kier molecular flexibility index (Phi) is 4.04. The minimum absolute atomic E-state index is 0.0469. The van der Waals surface area contributed by atoms with E-state index in [0.29, 0.717) is 11.3 Å². The third-order valence-electron chi connectivity index (χ3n) is 3.98. The summed E-state index contributed by atoms with van der Waals surface area (Å²) in [5.41, 5.74) is 1.30. The lowest BCUT2D eigenvalue weighted by Crippen LogP contribution is -2.35. The van der Waals surface area contributed by atoms with Crippen molar-refractivity contribution in [3.63, 3.8) is 0 Å². The van der Waals surface area contributed by atoms with Crippen molar-refractivity contribution in [1.82, 2.24) is 5.32 Å². The summed E-state index contributed by atoms with van der Waals surface area (Å²) in [4.78, 5) is 13.4. The summed E-state index contributed by atoms with van der Waals surface area (Å²) in [6, 6.07) is 8.29. The summed E-state index contributed by atoms with van der Waals surface area (Å²) < 4.78 is 0. The minimum atomic E-state index is 0.0469. The molecule has 1 amide bonds. The molecular formula is C15H18ClNOS. The van der Waals surface area contributed by atoms with Gasteiger partial charge in [-0.2, -0.15) is 0 Å². The molecule has 1 heterocycles. The highest BCUT2D eigenvalue weighted by molar-refractivity contribution is 8.01. The van der Waals surface area contributed by atoms with Crippen LogP contribution in [0.3, 0.4) is 0 Å². The number of nitrogens with one attached hydrogen (secondary N) is 1. The average Bonchev–Trinajstić information content (AvgIpc) is 3.01. The Hall–Kier alpha value is -0.670. The van der Waals surface area contributed by atoms with Gasteiger partial charge in [-0.3, -0.25) is 4.79 Å². The van der Waals surface area contributed by atoms with Gasteiger partial charge in [-0.1, -0.05) is 18.2 Å². The highest BCUT2D eigenvalue weighted by Crippen LogP contribution is 2.37. The Morgan fingerprint density at radius 1 is 1.37 bits per heavy atom. The van der Waals surface area contributed by atoms with E-state index in [-0.39, 0.29) is 11.2 Å². The van der Waals surface area contributed by atoms with Gasteiger partial charge in [0.15, 0.2) is 0 Å². The van der Waals surface area contributed by atoms with Crippen LogP contribution in [0.15, 0.2) is 29.2 Å². The maximum Gasteiger partial charge on any atom is 0.233 e. The standard InChI is InChI=1S/C15H18ClNOS/c16-12-6-5-10(7-12)9-17-15(18)14-8-11-3-1-2-4-13(11)19-14/h1-4,10,12,14H,5-9H2,(H,17,18). The molecule has 4 heteroatoms. The Morgan fingerprint density at radius 2 is 2.21 bits per heavy atom. The Labute approximate surface area is 123 Å². The predicted molar refractivity (Wildman–Crippen MR) is 79.8 cm³/mol. The Morgan fingerprint density at radius 3 is 2.95 bits per heavy atom. The second-order valence-corrected chi connectivity index (χ2v) is 7.30. The lowest BCUT2D eigenvalue weighted by atomic mass is 10.1. The van der Waals surface area contributed by atoms with E-state index in [4.69, 9.17) is 11.6 Å². The number of rotatable bonds is 3. The van der Waals surface area contributed by atoms with Crippen molar-refractivity contribution in [2.24, 2.45) is 5.92 Å². The molecule has 1 fully saturated rings. The molecule has 0 bridgehead atoms.